The number of benzene rings is 1. The van der Waals surface area contributed by atoms with Crippen molar-refractivity contribution in [2.75, 3.05) is 5.73 Å². The summed E-state index contributed by atoms with van der Waals surface area (Å²) in [7, 11) is 0. The molecule has 0 saturated heterocycles. The monoisotopic (exact) mass is 177 g/mol. The molecule has 0 bridgehead atoms. The van der Waals surface area contributed by atoms with Crippen molar-refractivity contribution in [3.63, 3.8) is 0 Å². The first-order chi connectivity index (χ1) is 6.27. The fourth-order valence-corrected chi connectivity index (χ4v) is 0.978. The Morgan fingerprint density at radius 3 is 2.85 bits per heavy atom. The van der Waals surface area contributed by atoms with Gasteiger partial charge in [-0.1, -0.05) is 0 Å². The highest BCUT2D eigenvalue weighted by molar-refractivity contribution is 5.65. The zero-order valence-electron chi connectivity index (χ0n) is 6.60. The number of rotatable bonds is 1. The maximum atomic E-state index is 9.15. The van der Waals surface area contributed by atoms with Crippen LogP contribution in [0.4, 0.5) is 5.69 Å². The van der Waals surface area contributed by atoms with Crippen LogP contribution in [0.1, 0.15) is 0 Å². The van der Waals surface area contributed by atoms with Crippen LogP contribution >= 0.6 is 0 Å². The number of hydrogen-bond acceptors (Lipinski definition) is 5. The highest BCUT2D eigenvalue weighted by Crippen LogP contribution is 2.24. The molecule has 1 heterocycles. The van der Waals surface area contributed by atoms with Crippen LogP contribution in [0.25, 0.3) is 11.4 Å². The lowest BCUT2D eigenvalue weighted by atomic mass is 10.2. The number of nitrogens with two attached hydrogens (primary N) is 1. The summed E-state index contributed by atoms with van der Waals surface area (Å²) in [5.74, 6) is 0.499. The van der Waals surface area contributed by atoms with Crippen molar-refractivity contribution in [1.29, 1.82) is 0 Å². The minimum atomic E-state index is 0.0484. The Bertz CT molecular complexity index is 411. The predicted octanol–water partition coefficient (Wildman–Crippen LogP) is 0.154. The number of phenolic OH excluding ortho intramolecular Hbond substituents is 1. The molecule has 6 heteroatoms. The molecule has 1 aromatic carbocycles. The van der Waals surface area contributed by atoms with Gasteiger partial charge in [0.15, 0.2) is 0 Å². The van der Waals surface area contributed by atoms with E-state index in [1.165, 1.54) is 6.07 Å². The number of nitrogen functional groups attached to an aromatic ring is 1. The van der Waals surface area contributed by atoms with Gasteiger partial charge in [0, 0.05) is 5.56 Å². The number of aromatic amines is 1. The fraction of sp³-hybridized carbons (Fsp3) is 0. The minimum absolute atomic E-state index is 0.0484. The molecule has 0 fully saturated rings. The van der Waals surface area contributed by atoms with Crippen molar-refractivity contribution in [3.8, 4) is 17.1 Å². The van der Waals surface area contributed by atoms with Crippen molar-refractivity contribution >= 4 is 5.69 Å². The second-order valence-electron chi connectivity index (χ2n) is 2.51. The molecular formula is C7H7N5O. The highest BCUT2D eigenvalue weighted by atomic mass is 16.3. The second kappa shape index (κ2) is 2.74. The van der Waals surface area contributed by atoms with E-state index in [0.29, 0.717) is 17.1 Å². The Balaban J connectivity index is 2.49. The van der Waals surface area contributed by atoms with Crippen LogP contribution in [0.2, 0.25) is 0 Å². The van der Waals surface area contributed by atoms with Gasteiger partial charge in [-0.05, 0) is 23.4 Å². The molecule has 1 aromatic heterocycles. The molecule has 6 nitrogen and oxygen atoms in total. The zero-order chi connectivity index (χ0) is 9.26. The van der Waals surface area contributed by atoms with E-state index in [9.17, 15) is 0 Å². The molecule has 0 aliphatic carbocycles. The quantitative estimate of drug-likeness (QED) is 0.425. The molecule has 66 valence electrons. The molecule has 0 unspecified atom stereocenters. The molecule has 0 amide bonds. The van der Waals surface area contributed by atoms with Crippen molar-refractivity contribution in [1.82, 2.24) is 20.6 Å². The first kappa shape index (κ1) is 7.53. The number of nitrogens with zero attached hydrogens (tertiary/aromatic N) is 3. The Morgan fingerprint density at radius 2 is 2.23 bits per heavy atom. The summed E-state index contributed by atoms with van der Waals surface area (Å²) >= 11 is 0. The summed E-state index contributed by atoms with van der Waals surface area (Å²) in [6.45, 7) is 0. The minimum Gasteiger partial charge on any atom is -0.506 e. The van der Waals surface area contributed by atoms with E-state index in [1.54, 1.807) is 12.1 Å². The summed E-state index contributed by atoms with van der Waals surface area (Å²) in [4.78, 5) is 0. The van der Waals surface area contributed by atoms with Crippen LogP contribution in [0, 0.1) is 0 Å². The molecular weight excluding hydrogens is 170 g/mol. The Labute approximate surface area is 73.4 Å². The van der Waals surface area contributed by atoms with Gasteiger partial charge in [-0.15, -0.1) is 10.2 Å². The van der Waals surface area contributed by atoms with Gasteiger partial charge >= 0.3 is 0 Å². The standard InChI is InChI=1S/C7H7N5O/c8-5-3-4(1-2-6(5)13)7-9-11-12-10-7/h1-3,13H,8H2,(H,9,10,11,12). The fourth-order valence-electron chi connectivity index (χ4n) is 0.978. The average Bonchev–Trinajstić information content (AvgIpc) is 2.62. The lowest BCUT2D eigenvalue weighted by molar-refractivity contribution is 0.478. The summed E-state index contributed by atoms with van der Waals surface area (Å²) in [5, 5.41) is 22.4. The molecule has 4 N–H and O–H groups in total. The number of nitrogens with one attached hydrogen (secondary N) is 1. The van der Waals surface area contributed by atoms with Crippen LogP contribution in [-0.2, 0) is 0 Å². The van der Waals surface area contributed by atoms with Crippen LogP contribution in [-0.4, -0.2) is 25.7 Å². The van der Waals surface area contributed by atoms with Crippen LogP contribution < -0.4 is 5.73 Å². The molecule has 0 aliphatic heterocycles. The molecule has 0 saturated carbocycles. The number of aromatic hydroxyl groups is 1. The van der Waals surface area contributed by atoms with Crippen LogP contribution in [0.5, 0.6) is 5.75 Å². The SMILES string of the molecule is Nc1cc(-c2nn[nH]n2)ccc1O. The summed E-state index contributed by atoms with van der Waals surface area (Å²) in [6.07, 6.45) is 0. The van der Waals surface area contributed by atoms with Gasteiger partial charge in [-0.3, -0.25) is 0 Å². The van der Waals surface area contributed by atoms with E-state index in [-0.39, 0.29) is 5.75 Å². The molecule has 13 heavy (non-hydrogen) atoms. The van der Waals surface area contributed by atoms with Gasteiger partial charge in [0.05, 0.1) is 5.69 Å². The maximum absolute atomic E-state index is 9.15. The first-order valence-corrected chi connectivity index (χ1v) is 3.59. The molecule has 0 aliphatic rings. The van der Waals surface area contributed by atoms with Crippen molar-refractivity contribution in [2.45, 2.75) is 0 Å². The third kappa shape index (κ3) is 1.28. The smallest absolute Gasteiger partial charge is 0.204 e. The number of anilines is 1. The molecule has 0 radical (unpaired) electrons. The maximum Gasteiger partial charge on any atom is 0.204 e. The van der Waals surface area contributed by atoms with E-state index in [4.69, 9.17) is 10.8 Å². The molecule has 0 spiro atoms. The van der Waals surface area contributed by atoms with E-state index in [2.05, 4.69) is 20.6 Å². The summed E-state index contributed by atoms with van der Waals surface area (Å²) < 4.78 is 0. The zero-order valence-corrected chi connectivity index (χ0v) is 6.60. The summed E-state index contributed by atoms with van der Waals surface area (Å²) in [6, 6.07) is 4.73. The van der Waals surface area contributed by atoms with Crippen molar-refractivity contribution in [2.24, 2.45) is 0 Å². The van der Waals surface area contributed by atoms with E-state index < -0.39 is 0 Å². The molecule has 2 aromatic rings. The van der Waals surface area contributed by atoms with E-state index in [0.717, 1.165) is 0 Å². The van der Waals surface area contributed by atoms with Gasteiger partial charge in [0.1, 0.15) is 5.75 Å². The third-order valence-electron chi connectivity index (χ3n) is 1.63. The Kier molecular flexibility index (Phi) is 1.59. The van der Waals surface area contributed by atoms with E-state index >= 15 is 0 Å². The van der Waals surface area contributed by atoms with Crippen molar-refractivity contribution < 1.29 is 5.11 Å². The molecule has 0 atom stereocenters. The number of hydrogen-bond donors (Lipinski definition) is 3. The van der Waals surface area contributed by atoms with Gasteiger partial charge in [0.25, 0.3) is 0 Å². The van der Waals surface area contributed by atoms with Crippen LogP contribution in [0.15, 0.2) is 18.2 Å². The Morgan fingerprint density at radius 1 is 1.38 bits per heavy atom. The Hall–Kier alpha value is -2.11. The highest BCUT2D eigenvalue weighted by Gasteiger charge is 2.04. The molecule has 2 rings (SSSR count). The summed E-state index contributed by atoms with van der Waals surface area (Å²) in [5.41, 5.74) is 6.50. The van der Waals surface area contributed by atoms with Crippen molar-refractivity contribution in [3.05, 3.63) is 18.2 Å². The van der Waals surface area contributed by atoms with Crippen LogP contribution in [0.3, 0.4) is 0 Å². The number of aromatic nitrogens is 4. The third-order valence-corrected chi connectivity index (χ3v) is 1.63. The largest absolute Gasteiger partial charge is 0.506 e. The van der Waals surface area contributed by atoms with Gasteiger partial charge in [-0.2, -0.15) is 5.21 Å². The lowest BCUT2D eigenvalue weighted by Crippen LogP contribution is -1.87. The van der Waals surface area contributed by atoms with Gasteiger partial charge in [0.2, 0.25) is 5.82 Å². The van der Waals surface area contributed by atoms with Gasteiger partial charge in [-0.25, -0.2) is 0 Å². The number of tetrazole rings is 1. The number of phenols is 1. The lowest BCUT2D eigenvalue weighted by Gasteiger charge is -1.99. The number of H-pyrrole nitrogens is 1. The normalized spacial score (nSPS) is 10.2. The average molecular weight is 177 g/mol. The van der Waals surface area contributed by atoms with Gasteiger partial charge < -0.3 is 10.8 Å². The predicted molar refractivity (Wildman–Crippen MR) is 45.7 cm³/mol. The topological polar surface area (TPSA) is 101 Å². The van der Waals surface area contributed by atoms with E-state index in [1.807, 2.05) is 0 Å². The second-order valence-corrected chi connectivity index (χ2v) is 2.51. The first-order valence-electron chi connectivity index (χ1n) is 3.59.